The Morgan fingerprint density at radius 3 is 2.70 bits per heavy atom. The number of fused-ring (bicyclic) bond motifs is 1. The van der Waals surface area contributed by atoms with Crippen molar-refractivity contribution in [2.45, 2.75) is 26.4 Å². The minimum Gasteiger partial charge on any atom is -0.383 e. The van der Waals surface area contributed by atoms with Gasteiger partial charge in [0.25, 0.3) is 5.56 Å². The number of aromatic amines is 1. The van der Waals surface area contributed by atoms with E-state index in [9.17, 15) is 9.59 Å². The van der Waals surface area contributed by atoms with E-state index in [2.05, 4.69) is 10.2 Å². The number of nitrogens with zero attached hydrogens (tertiary/aromatic N) is 3. The average Bonchev–Trinajstić information content (AvgIpc) is 2.91. The van der Waals surface area contributed by atoms with E-state index in [0.29, 0.717) is 18.0 Å². The summed E-state index contributed by atoms with van der Waals surface area (Å²) < 4.78 is 2.60. The van der Waals surface area contributed by atoms with Crippen LogP contribution in [0.2, 0.25) is 5.02 Å². The summed E-state index contributed by atoms with van der Waals surface area (Å²) in [7, 11) is 0. The highest BCUT2D eigenvalue weighted by Crippen LogP contribution is 2.18. The van der Waals surface area contributed by atoms with Crippen molar-refractivity contribution in [1.82, 2.24) is 19.3 Å². The first-order chi connectivity index (χ1) is 11.0. The molecule has 0 aliphatic heterocycles. The molecule has 0 amide bonds. The first-order valence-corrected chi connectivity index (χ1v) is 7.63. The number of nitrogen functional groups attached to an aromatic ring is 1. The Morgan fingerprint density at radius 1 is 1.26 bits per heavy atom. The molecule has 0 unspecified atom stereocenters. The van der Waals surface area contributed by atoms with Crippen LogP contribution in [-0.2, 0) is 13.1 Å². The zero-order valence-electron chi connectivity index (χ0n) is 12.5. The Labute approximate surface area is 136 Å². The first-order valence-electron chi connectivity index (χ1n) is 7.25. The summed E-state index contributed by atoms with van der Waals surface area (Å²) in [6.45, 7) is 2.43. The molecule has 120 valence electrons. The second-order valence-corrected chi connectivity index (χ2v) is 5.66. The van der Waals surface area contributed by atoms with Gasteiger partial charge in [-0.1, -0.05) is 36.7 Å². The highest BCUT2D eigenvalue weighted by Gasteiger charge is 2.18. The molecule has 3 aromatic rings. The van der Waals surface area contributed by atoms with Gasteiger partial charge in [-0.2, -0.15) is 5.10 Å². The van der Waals surface area contributed by atoms with Gasteiger partial charge in [0.2, 0.25) is 0 Å². The van der Waals surface area contributed by atoms with Gasteiger partial charge >= 0.3 is 5.69 Å². The lowest BCUT2D eigenvalue weighted by atomic mass is 10.2. The molecule has 0 aliphatic rings. The highest BCUT2D eigenvalue weighted by molar-refractivity contribution is 6.31. The third kappa shape index (κ3) is 2.53. The van der Waals surface area contributed by atoms with E-state index in [1.165, 1.54) is 9.13 Å². The maximum Gasteiger partial charge on any atom is 0.333 e. The quantitative estimate of drug-likeness (QED) is 0.757. The van der Waals surface area contributed by atoms with E-state index in [1.807, 2.05) is 25.1 Å². The molecule has 23 heavy (non-hydrogen) atoms. The van der Waals surface area contributed by atoms with Crippen LogP contribution in [0.1, 0.15) is 18.9 Å². The predicted molar refractivity (Wildman–Crippen MR) is 89.9 cm³/mol. The normalized spacial score (nSPS) is 11.2. The van der Waals surface area contributed by atoms with E-state index in [-0.39, 0.29) is 23.4 Å². The summed E-state index contributed by atoms with van der Waals surface area (Å²) in [5, 5.41) is 7.37. The molecule has 8 heteroatoms. The molecule has 3 rings (SSSR count). The summed E-state index contributed by atoms with van der Waals surface area (Å²) in [4.78, 5) is 25.2. The van der Waals surface area contributed by atoms with Crippen molar-refractivity contribution < 1.29 is 0 Å². The molecule has 0 radical (unpaired) electrons. The molecule has 2 aromatic heterocycles. The van der Waals surface area contributed by atoms with E-state index < -0.39 is 11.2 Å². The minimum absolute atomic E-state index is 0.155. The maximum absolute atomic E-state index is 12.7. The number of nitrogens with two attached hydrogens (primary N) is 1. The van der Waals surface area contributed by atoms with Gasteiger partial charge in [-0.3, -0.25) is 19.0 Å². The largest absolute Gasteiger partial charge is 0.383 e. The second-order valence-electron chi connectivity index (χ2n) is 5.25. The van der Waals surface area contributed by atoms with Gasteiger partial charge in [0.05, 0.1) is 6.54 Å². The van der Waals surface area contributed by atoms with Gasteiger partial charge in [-0.15, -0.1) is 0 Å². The maximum atomic E-state index is 12.7. The van der Waals surface area contributed by atoms with Crippen LogP contribution in [-0.4, -0.2) is 19.3 Å². The Balaban J connectivity index is 2.30. The standard InChI is InChI=1S/C15H16ClN5O2/c1-2-7-20-14(22)11-12(17)18-19-13(11)21(15(20)23)8-9-5-3-4-6-10(9)16/h3-6H,2,7-8H2,1H3,(H3,17,18,19). The van der Waals surface area contributed by atoms with Gasteiger partial charge in [0, 0.05) is 11.6 Å². The van der Waals surface area contributed by atoms with Crippen LogP contribution in [0, 0.1) is 0 Å². The van der Waals surface area contributed by atoms with E-state index >= 15 is 0 Å². The molecule has 7 nitrogen and oxygen atoms in total. The lowest BCUT2D eigenvalue weighted by molar-refractivity contribution is 0.579. The summed E-state index contributed by atoms with van der Waals surface area (Å²) in [5.41, 5.74) is 5.97. The fourth-order valence-electron chi connectivity index (χ4n) is 2.57. The van der Waals surface area contributed by atoms with Crippen LogP contribution in [0.15, 0.2) is 33.9 Å². The molecule has 0 bridgehead atoms. The topological polar surface area (TPSA) is 98.7 Å². The predicted octanol–water partition coefficient (Wildman–Crippen LogP) is 1.58. The first kappa shape index (κ1) is 15.4. The van der Waals surface area contributed by atoms with Crippen molar-refractivity contribution in [1.29, 1.82) is 0 Å². The Morgan fingerprint density at radius 2 is 2.00 bits per heavy atom. The monoisotopic (exact) mass is 333 g/mol. The van der Waals surface area contributed by atoms with Crippen LogP contribution < -0.4 is 17.0 Å². The molecule has 0 aliphatic carbocycles. The fourth-order valence-corrected chi connectivity index (χ4v) is 2.77. The number of rotatable bonds is 4. The van der Waals surface area contributed by atoms with Crippen molar-refractivity contribution >= 4 is 28.5 Å². The highest BCUT2D eigenvalue weighted by atomic mass is 35.5. The van der Waals surface area contributed by atoms with Crippen LogP contribution in [0.5, 0.6) is 0 Å². The fraction of sp³-hybridized carbons (Fsp3) is 0.267. The lowest BCUT2D eigenvalue weighted by Gasteiger charge is -2.11. The van der Waals surface area contributed by atoms with Gasteiger partial charge in [-0.05, 0) is 18.1 Å². The summed E-state index contributed by atoms with van der Waals surface area (Å²) in [5.74, 6) is 0.155. The van der Waals surface area contributed by atoms with E-state index in [1.54, 1.807) is 6.07 Å². The Bertz CT molecular complexity index is 986. The van der Waals surface area contributed by atoms with Gasteiger partial charge < -0.3 is 5.73 Å². The molecular weight excluding hydrogens is 318 g/mol. The summed E-state index contributed by atoms with van der Waals surface area (Å²) >= 11 is 6.18. The molecule has 3 N–H and O–H groups in total. The molecule has 0 saturated carbocycles. The summed E-state index contributed by atoms with van der Waals surface area (Å²) in [6, 6.07) is 7.23. The molecule has 0 saturated heterocycles. The van der Waals surface area contributed by atoms with Crippen LogP contribution in [0.25, 0.3) is 11.0 Å². The third-order valence-electron chi connectivity index (χ3n) is 3.69. The van der Waals surface area contributed by atoms with Crippen molar-refractivity contribution in [2.75, 3.05) is 5.73 Å². The summed E-state index contributed by atoms with van der Waals surface area (Å²) in [6.07, 6.45) is 0.657. The smallest absolute Gasteiger partial charge is 0.333 e. The number of hydrogen-bond donors (Lipinski definition) is 2. The molecule has 2 heterocycles. The van der Waals surface area contributed by atoms with Crippen molar-refractivity contribution in [3.05, 3.63) is 55.7 Å². The third-order valence-corrected chi connectivity index (χ3v) is 4.05. The average molecular weight is 334 g/mol. The van der Waals surface area contributed by atoms with Crippen molar-refractivity contribution in [3.63, 3.8) is 0 Å². The lowest BCUT2D eigenvalue weighted by Crippen LogP contribution is -2.40. The zero-order chi connectivity index (χ0) is 16.6. The van der Waals surface area contributed by atoms with Crippen molar-refractivity contribution in [3.8, 4) is 0 Å². The van der Waals surface area contributed by atoms with Gasteiger partial charge in [0.15, 0.2) is 5.65 Å². The van der Waals surface area contributed by atoms with E-state index in [0.717, 1.165) is 5.56 Å². The minimum atomic E-state index is -0.423. The van der Waals surface area contributed by atoms with Crippen LogP contribution in [0.4, 0.5) is 5.82 Å². The molecular formula is C15H16ClN5O2. The van der Waals surface area contributed by atoms with Gasteiger partial charge in [0.1, 0.15) is 11.2 Å². The number of anilines is 1. The molecule has 0 atom stereocenters. The van der Waals surface area contributed by atoms with Gasteiger partial charge in [-0.25, -0.2) is 4.79 Å². The van der Waals surface area contributed by atoms with Crippen LogP contribution >= 0.6 is 11.6 Å². The number of benzene rings is 1. The van der Waals surface area contributed by atoms with Crippen LogP contribution in [0.3, 0.4) is 0 Å². The second kappa shape index (κ2) is 5.92. The Kier molecular flexibility index (Phi) is 3.96. The number of halogens is 1. The number of nitrogens with one attached hydrogen (secondary N) is 1. The molecule has 0 spiro atoms. The molecule has 1 aromatic carbocycles. The van der Waals surface area contributed by atoms with E-state index in [4.69, 9.17) is 17.3 Å². The molecule has 0 fully saturated rings. The number of aromatic nitrogens is 4. The number of H-pyrrole nitrogens is 1. The number of hydrogen-bond acceptors (Lipinski definition) is 4. The van der Waals surface area contributed by atoms with Crippen molar-refractivity contribution in [2.24, 2.45) is 0 Å². The zero-order valence-corrected chi connectivity index (χ0v) is 13.3. The SMILES string of the molecule is CCCn1c(=O)c2c(N)[nH]nc2n(Cc2ccccc2Cl)c1=O. The Hall–Kier alpha value is -2.54.